The zero-order valence-corrected chi connectivity index (χ0v) is 17.4. The van der Waals surface area contributed by atoms with E-state index in [4.69, 9.17) is 4.42 Å². The summed E-state index contributed by atoms with van der Waals surface area (Å²) in [7, 11) is 0. The van der Waals surface area contributed by atoms with Crippen molar-refractivity contribution in [3.8, 4) is 0 Å². The molecule has 6 heteroatoms. The Hall–Kier alpha value is -2.99. The van der Waals surface area contributed by atoms with Crippen LogP contribution in [0.1, 0.15) is 46.0 Å². The fourth-order valence-corrected chi connectivity index (χ4v) is 3.50. The molecule has 0 unspecified atom stereocenters. The van der Waals surface area contributed by atoms with Gasteiger partial charge < -0.3 is 9.73 Å². The third kappa shape index (κ3) is 5.76. The van der Waals surface area contributed by atoms with Crippen LogP contribution in [-0.4, -0.2) is 33.9 Å². The van der Waals surface area contributed by atoms with E-state index >= 15 is 0 Å². The first-order valence-corrected chi connectivity index (χ1v) is 10.6. The number of nitrogens with one attached hydrogen (secondary N) is 1. The number of benzene rings is 1. The summed E-state index contributed by atoms with van der Waals surface area (Å²) in [6, 6.07) is 14.2. The van der Waals surface area contributed by atoms with E-state index in [1.54, 1.807) is 6.20 Å². The van der Waals surface area contributed by atoms with Crippen molar-refractivity contribution >= 4 is 5.91 Å². The smallest absolute Gasteiger partial charge is 0.273 e. The molecule has 2 heterocycles. The number of oxazole rings is 1. The lowest BCUT2D eigenvalue weighted by Crippen LogP contribution is -2.27. The van der Waals surface area contributed by atoms with E-state index < -0.39 is 0 Å². The van der Waals surface area contributed by atoms with E-state index in [1.165, 1.54) is 30.2 Å². The Labute approximate surface area is 177 Å². The molecule has 1 aliphatic carbocycles. The number of carbonyl (C=O) groups is 1. The van der Waals surface area contributed by atoms with Crippen molar-refractivity contribution in [2.75, 3.05) is 13.1 Å². The molecule has 4 rings (SSSR count). The molecule has 0 radical (unpaired) electrons. The van der Waals surface area contributed by atoms with Crippen molar-refractivity contribution in [3.05, 3.63) is 83.3 Å². The molecule has 1 fully saturated rings. The number of nitrogens with zero attached hydrogens (tertiary/aromatic N) is 3. The molecule has 6 nitrogen and oxygen atoms in total. The van der Waals surface area contributed by atoms with Gasteiger partial charge in [0, 0.05) is 37.9 Å². The zero-order valence-electron chi connectivity index (χ0n) is 17.4. The predicted molar refractivity (Wildman–Crippen MR) is 115 cm³/mol. The third-order valence-corrected chi connectivity index (χ3v) is 5.40. The van der Waals surface area contributed by atoms with Crippen LogP contribution in [0.25, 0.3) is 0 Å². The summed E-state index contributed by atoms with van der Waals surface area (Å²) in [5.74, 6) is 1.13. The maximum atomic E-state index is 12.4. The summed E-state index contributed by atoms with van der Waals surface area (Å²) in [5, 5.41) is 2.89. The van der Waals surface area contributed by atoms with Crippen molar-refractivity contribution in [1.82, 2.24) is 20.2 Å². The number of carbonyl (C=O) groups excluding carboxylic acids is 1. The van der Waals surface area contributed by atoms with Gasteiger partial charge in [0.15, 0.2) is 5.69 Å². The van der Waals surface area contributed by atoms with Gasteiger partial charge in [0.1, 0.15) is 6.26 Å². The molecule has 1 saturated carbocycles. The number of aryl methyl sites for hydroxylation is 1. The van der Waals surface area contributed by atoms with Gasteiger partial charge >= 0.3 is 0 Å². The quantitative estimate of drug-likeness (QED) is 0.557. The Morgan fingerprint density at radius 2 is 2.00 bits per heavy atom. The summed E-state index contributed by atoms with van der Waals surface area (Å²) in [6.07, 6.45) is 6.47. The van der Waals surface area contributed by atoms with Crippen molar-refractivity contribution in [2.24, 2.45) is 5.92 Å². The normalized spacial score (nSPS) is 13.5. The summed E-state index contributed by atoms with van der Waals surface area (Å²) in [5.41, 5.74) is 3.88. The molecular formula is C24H28N4O2. The van der Waals surface area contributed by atoms with Gasteiger partial charge in [-0.3, -0.25) is 14.7 Å². The molecule has 1 amide bonds. The minimum absolute atomic E-state index is 0.214. The number of aromatic nitrogens is 2. The van der Waals surface area contributed by atoms with Crippen LogP contribution in [0.2, 0.25) is 0 Å². The number of hydrogen-bond acceptors (Lipinski definition) is 5. The van der Waals surface area contributed by atoms with Gasteiger partial charge in [-0.2, -0.15) is 0 Å². The molecule has 0 spiro atoms. The fraction of sp³-hybridized carbons (Fsp3) is 0.375. The highest BCUT2D eigenvalue weighted by atomic mass is 16.3. The number of hydrogen-bond donors (Lipinski definition) is 1. The van der Waals surface area contributed by atoms with Gasteiger partial charge in [0.2, 0.25) is 5.89 Å². The zero-order chi connectivity index (χ0) is 20.8. The Bertz CT molecular complexity index is 966. The Morgan fingerprint density at radius 3 is 2.77 bits per heavy atom. The van der Waals surface area contributed by atoms with Crippen molar-refractivity contribution in [3.63, 3.8) is 0 Å². The van der Waals surface area contributed by atoms with Crippen LogP contribution in [-0.2, 0) is 19.5 Å². The topological polar surface area (TPSA) is 71.3 Å². The SMILES string of the molecule is Cc1ccccc1CN(Cc1nc(C(=O)NCCc2ccccn2)co1)CC1CC1. The second-order valence-electron chi connectivity index (χ2n) is 7.99. The molecule has 30 heavy (non-hydrogen) atoms. The third-order valence-electron chi connectivity index (χ3n) is 5.40. The van der Waals surface area contributed by atoms with E-state index in [0.717, 1.165) is 24.7 Å². The highest BCUT2D eigenvalue weighted by Crippen LogP contribution is 2.31. The predicted octanol–water partition coefficient (Wildman–Crippen LogP) is 3.76. The monoisotopic (exact) mass is 404 g/mol. The highest BCUT2D eigenvalue weighted by Gasteiger charge is 2.25. The van der Waals surface area contributed by atoms with Gasteiger partial charge in [0.05, 0.1) is 6.54 Å². The first kappa shape index (κ1) is 20.3. The first-order valence-electron chi connectivity index (χ1n) is 10.6. The molecular weight excluding hydrogens is 376 g/mol. The van der Waals surface area contributed by atoms with Crippen LogP contribution in [0.4, 0.5) is 0 Å². The van der Waals surface area contributed by atoms with E-state index in [2.05, 4.69) is 51.4 Å². The van der Waals surface area contributed by atoms with Crippen LogP contribution >= 0.6 is 0 Å². The highest BCUT2D eigenvalue weighted by molar-refractivity contribution is 5.91. The number of rotatable bonds is 10. The molecule has 0 saturated heterocycles. The molecule has 0 atom stereocenters. The van der Waals surface area contributed by atoms with Crippen LogP contribution < -0.4 is 5.32 Å². The van der Waals surface area contributed by atoms with Gasteiger partial charge in [-0.25, -0.2) is 4.98 Å². The lowest BCUT2D eigenvalue weighted by atomic mass is 10.1. The van der Waals surface area contributed by atoms with Crippen molar-refractivity contribution in [1.29, 1.82) is 0 Å². The lowest BCUT2D eigenvalue weighted by molar-refractivity contribution is 0.0949. The average molecular weight is 405 g/mol. The van der Waals surface area contributed by atoms with Gasteiger partial charge in [0.25, 0.3) is 5.91 Å². The van der Waals surface area contributed by atoms with Crippen LogP contribution in [0.5, 0.6) is 0 Å². The lowest BCUT2D eigenvalue weighted by Gasteiger charge is -2.21. The van der Waals surface area contributed by atoms with E-state index in [9.17, 15) is 4.79 Å². The molecule has 156 valence electrons. The average Bonchev–Trinajstić information content (AvgIpc) is 3.44. The summed E-state index contributed by atoms with van der Waals surface area (Å²) in [6.45, 7) is 5.15. The molecule has 1 N–H and O–H groups in total. The largest absolute Gasteiger partial charge is 0.447 e. The van der Waals surface area contributed by atoms with Gasteiger partial charge in [-0.15, -0.1) is 0 Å². The number of pyridine rings is 1. The van der Waals surface area contributed by atoms with E-state index in [1.807, 2.05) is 18.2 Å². The van der Waals surface area contributed by atoms with Crippen molar-refractivity contribution < 1.29 is 9.21 Å². The Kier molecular flexibility index (Phi) is 6.54. The summed E-state index contributed by atoms with van der Waals surface area (Å²) >= 11 is 0. The standard InChI is InChI=1S/C24H28N4O2/c1-18-6-2-3-7-20(18)15-28(14-19-9-10-19)16-23-27-22(17-30-23)24(29)26-13-11-21-8-4-5-12-25-21/h2-8,12,17,19H,9-11,13-16H2,1H3,(H,26,29). The minimum Gasteiger partial charge on any atom is -0.447 e. The number of amides is 1. The van der Waals surface area contributed by atoms with Crippen LogP contribution in [0.3, 0.4) is 0 Å². The Balaban J connectivity index is 1.33. The first-order chi connectivity index (χ1) is 14.7. The second kappa shape index (κ2) is 9.67. The maximum Gasteiger partial charge on any atom is 0.273 e. The molecule has 0 bridgehead atoms. The maximum absolute atomic E-state index is 12.4. The Morgan fingerprint density at radius 1 is 1.17 bits per heavy atom. The molecule has 3 aromatic rings. The molecule has 2 aromatic heterocycles. The van der Waals surface area contributed by atoms with E-state index in [0.29, 0.717) is 31.1 Å². The van der Waals surface area contributed by atoms with Crippen molar-refractivity contribution in [2.45, 2.75) is 39.3 Å². The minimum atomic E-state index is -0.214. The molecule has 1 aromatic carbocycles. The van der Waals surface area contributed by atoms with Gasteiger partial charge in [-0.05, 0) is 48.9 Å². The molecule has 0 aliphatic heterocycles. The van der Waals surface area contributed by atoms with Gasteiger partial charge in [-0.1, -0.05) is 30.3 Å². The van der Waals surface area contributed by atoms with E-state index in [-0.39, 0.29) is 5.91 Å². The van der Waals surface area contributed by atoms with Crippen LogP contribution in [0, 0.1) is 12.8 Å². The molecule has 1 aliphatic rings. The van der Waals surface area contributed by atoms with Crippen LogP contribution in [0.15, 0.2) is 59.3 Å². The second-order valence-corrected chi connectivity index (χ2v) is 7.99. The fourth-order valence-electron chi connectivity index (χ4n) is 3.50. The summed E-state index contributed by atoms with van der Waals surface area (Å²) < 4.78 is 5.62. The summed E-state index contributed by atoms with van der Waals surface area (Å²) in [4.78, 5) is 23.5.